The summed E-state index contributed by atoms with van der Waals surface area (Å²) in [6.07, 6.45) is 0.814. The maximum absolute atomic E-state index is 12.3. The summed E-state index contributed by atoms with van der Waals surface area (Å²) < 4.78 is 10.4. The van der Waals surface area contributed by atoms with Crippen LogP contribution < -0.4 is 14.9 Å². The molecule has 0 aliphatic heterocycles. The van der Waals surface area contributed by atoms with Crippen molar-refractivity contribution in [1.82, 2.24) is 5.43 Å². The third-order valence-corrected chi connectivity index (χ3v) is 5.41. The van der Waals surface area contributed by atoms with Crippen molar-refractivity contribution >= 4 is 23.0 Å². The van der Waals surface area contributed by atoms with Gasteiger partial charge in [-0.1, -0.05) is 40.7 Å². The predicted octanol–water partition coefficient (Wildman–Crippen LogP) is 5.14. The molecule has 0 aliphatic carbocycles. The topological polar surface area (TPSA) is 146 Å². The molecule has 0 bridgehead atoms. The molecule has 0 spiro atoms. The Kier molecular flexibility index (Phi) is 8.74. The van der Waals surface area contributed by atoms with Crippen molar-refractivity contribution in [3.05, 3.63) is 67.8 Å². The molecule has 0 unspecified atom stereocenters. The maximum atomic E-state index is 12.3. The summed E-state index contributed by atoms with van der Waals surface area (Å²) in [7, 11) is 1.33. The number of ether oxygens (including phenoxy) is 2. The molecule has 194 valence electrons. The fraction of sp³-hybridized carbons (Fsp3) is 0.440. The minimum Gasteiger partial charge on any atom is -0.490 e. The Morgan fingerprint density at radius 2 is 1.56 bits per heavy atom. The molecule has 0 fully saturated rings. The summed E-state index contributed by atoms with van der Waals surface area (Å²) in [5.74, 6) is -0.580. The summed E-state index contributed by atoms with van der Waals surface area (Å²) in [6.45, 7) is 11.4. The number of carbonyl (C=O) groups is 1. The number of hydrogen-bond acceptors (Lipinski definition) is 8. The Labute approximate surface area is 209 Å². The highest BCUT2D eigenvalue weighted by Crippen LogP contribution is 2.39. The highest BCUT2D eigenvalue weighted by molar-refractivity contribution is 6.00. The van der Waals surface area contributed by atoms with Crippen molar-refractivity contribution in [3.63, 3.8) is 0 Å². The molecule has 2 aromatic carbocycles. The van der Waals surface area contributed by atoms with E-state index in [1.54, 1.807) is 19.1 Å². The number of hydrazone groups is 1. The third-order valence-electron chi connectivity index (χ3n) is 5.41. The Morgan fingerprint density at radius 3 is 2.11 bits per heavy atom. The van der Waals surface area contributed by atoms with Crippen molar-refractivity contribution in [2.75, 3.05) is 13.7 Å². The van der Waals surface area contributed by atoms with Gasteiger partial charge in [-0.3, -0.25) is 25.0 Å². The summed E-state index contributed by atoms with van der Waals surface area (Å²) in [6, 6.07) is 9.04. The summed E-state index contributed by atoms with van der Waals surface area (Å²) >= 11 is 0. The van der Waals surface area contributed by atoms with Crippen molar-refractivity contribution in [1.29, 1.82) is 0 Å². The normalized spacial score (nSPS) is 12.1. The molecule has 0 atom stereocenters. The van der Waals surface area contributed by atoms with E-state index in [0.717, 1.165) is 12.0 Å². The van der Waals surface area contributed by atoms with Crippen LogP contribution in [0, 0.1) is 25.6 Å². The van der Waals surface area contributed by atoms with E-state index in [0.29, 0.717) is 11.3 Å². The number of nitro benzene ring substituents is 2. The van der Waals surface area contributed by atoms with Crippen molar-refractivity contribution < 1.29 is 24.1 Å². The molecule has 0 heterocycles. The van der Waals surface area contributed by atoms with E-state index in [1.165, 1.54) is 31.4 Å². The van der Waals surface area contributed by atoms with Gasteiger partial charge in [-0.25, -0.2) is 5.43 Å². The lowest BCUT2D eigenvalue weighted by atomic mass is 9.72. The zero-order valence-corrected chi connectivity index (χ0v) is 21.6. The minimum atomic E-state index is -0.649. The van der Waals surface area contributed by atoms with Gasteiger partial charge in [-0.2, -0.15) is 5.10 Å². The van der Waals surface area contributed by atoms with Gasteiger partial charge in [0.2, 0.25) is 0 Å². The summed E-state index contributed by atoms with van der Waals surface area (Å²) in [5.41, 5.74) is 3.07. The molecule has 2 aromatic rings. The van der Waals surface area contributed by atoms with E-state index in [9.17, 15) is 25.0 Å². The predicted molar refractivity (Wildman–Crippen MR) is 136 cm³/mol. The third kappa shape index (κ3) is 7.49. The molecule has 0 aliphatic rings. The lowest BCUT2D eigenvalue weighted by Crippen LogP contribution is -2.26. The SMILES string of the molecule is COc1ccc(C(C)=NNC(=O)COc2ccc(C(C)(C)CC(C)(C)C)cc2[N+](=O)[O-])cc1[N+](=O)[O-]. The van der Waals surface area contributed by atoms with Crippen molar-refractivity contribution in [2.24, 2.45) is 10.5 Å². The molecule has 0 aromatic heterocycles. The first-order valence-corrected chi connectivity index (χ1v) is 11.2. The van der Waals surface area contributed by atoms with Crippen LogP contribution in [-0.2, 0) is 10.2 Å². The highest BCUT2D eigenvalue weighted by Gasteiger charge is 2.30. The molecule has 11 heteroatoms. The van der Waals surface area contributed by atoms with Crippen LogP contribution in [0.2, 0.25) is 0 Å². The second-order valence-corrected chi connectivity index (χ2v) is 10.2. The number of nitrogens with one attached hydrogen (secondary N) is 1. The Bertz CT molecular complexity index is 1180. The van der Waals surface area contributed by atoms with Crippen LogP contribution in [0.25, 0.3) is 0 Å². The fourth-order valence-electron chi connectivity index (χ4n) is 4.08. The molecule has 11 nitrogen and oxygen atoms in total. The molecular weight excluding hydrogens is 468 g/mol. The monoisotopic (exact) mass is 500 g/mol. The molecule has 36 heavy (non-hydrogen) atoms. The second-order valence-electron chi connectivity index (χ2n) is 10.2. The van der Waals surface area contributed by atoms with Crippen LogP contribution in [0.5, 0.6) is 11.5 Å². The van der Waals surface area contributed by atoms with Crippen LogP contribution in [0.3, 0.4) is 0 Å². The van der Waals surface area contributed by atoms with Gasteiger partial charge in [-0.15, -0.1) is 0 Å². The van der Waals surface area contributed by atoms with Gasteiger partial charge in [-0.05, 0) is 47.9 Å². The molecule has 1 N–H and O–H groups in total. The van der Waals surface area contributed by atoms with Gasteiger partial charge in [0.25, 0.3) is 5.91 Å². The second kappa shape index (κ2) is 11.1. The molecule has 0 saturated carbocycles. The van der Waals surface area contributed by atoms with Crippen molar-refractivity contribution in [3.8, 4) is 11.5 Å². The zero-order chi connectivity index (χ0) is 27.3. The highest BCUT2D eigenvalue weighted by atomic mass is 16.6. The molecule has 0 radical (unpaired) electrons. The smallest absolute Gasteiger partial charge is 0.311 e. The number of benzene rings is 2. The van der Waals surface area contributed by atoms with Gasteiger partial charge in [0, 0.05) is 17.7 Å². The first-order valence-electron chi connectivity index (χ1n) is 11.2. The fourth-order valence-corrected chi connectivity index (χ4v) is 4.08. The summed E-state index contributed by atoms with van der Waals surface area (Å²) in [5, 5.41) is 26.8. The Balaban J connectivity index is 2.12. The number of methoxy groups -OCH3 is 1. The number of carbonyl (C=O) groups excluding carboxylic acids is 1. The molecular formula is C25H32N4O7. The number of nitrogens with zero attached hydrogens (tertiary/aromatic N) is 3. The average Bonchev–Trinajstić information content (AvgIpc) is 2.78. The summed E-state index contributed by atoms with van der Waals surface area (Å²) in [4.78, 5) is 34.0. The van der Waals surface area contributed by atoms with E-state index in [2.05, 4.69) is 31.3 Å². The average molecular weight is 501 g/mol. The molecule has 1 amide bonds. The number of nitro groups is 2. The molecule has 2 rings (SSSR count). The first-order chi connectivity index (χ1) is 16.6. The minimum absolute atomic E-state index is 0.0287. The van der Waals surface area contributed by atoms with E-state index < -0.39 is 22.4 Å². The van der Waals surface area contributed by atoms with E-state index in [4.69, 9.17) is 9.47 Å². The zero-order valence-electron chi connectivity index (χ0n) is 21.6. The van der Waals surface area contributed by atoms with E-state index in [-0.39, 0.29) is 33.7 Å². The van der Waals surface area contributed by atoms with Gasteiger partial charge in [0.05, 0.1) is 22.7 Å². The van der Waals surface area contributed by atoms with Crippen molar-refractivity contribution in [2.45, 2.75) is 53.4 Å². The van der Waals surface area contributed by atoms with E-state index in [1.807, 2.05) is 13.8 Å². The van der Waals surface area contributed by atoms with Gasteiger partial charge in [0.1, 0.15) is 0 Å². The van der Waals surface area contributed by atoms with Crippen LogP contribution in [0.1, 0.15) is 59.1 Å². The first kappa shape index (κ1) is 28.2. The van der Waals surface area contributed by atoms with Crippen LogP contribution in [0.15, 0.2) is 41.5 Å². The Morgan fingerprint density at radius 1 is 0.972 bits per heavy atom. The van der Waals surface area contributed by atoms with Crippen LogP contribution in [-0.4, -0.2) is 35.2 Å². The van der Waals surface area contributed by atoms with E-state index >= 15 is 0 Å². The lowest BCUT2D eigenvalue weighted by molar-refractivity contribution is -0.386. The Hall–Kier alpha value is -4.02. The number of amides is 1. The van der Waals surface area contributed by atoms with Crippen LogP contribution >= 0.6 is 0 Å². The van der Waals surface area contributed by atoms with Gasteiger partial charge in [0.15, 0.2) is 18.1 Å². The van der Waals surface area contributed by atoms with Gasteiger partial charge >= 0.3 is 11.4 Å². The van der Waals surface area contributed by atoms with Gasteiger partial charge < -0.3 is 9.47 Å². The number of hydrogen-bond donors (Lipinski definition) is 1. The quantitative estimate of drug-likeness (QED) is 0.270. The number of rotatable bonds is 10. The van der Waals surface area contributed by atoms with Crippen LogP contribution in [0.4, 0.5) is 11.4 Å². The standard InChI is InChI=1S/C25H32N4O7/c1-16(17-8-10-21(35-7)19(12-17)28(31)32)26-27-23(30)14-36-22-11-9-18(13-20(22)29(33)34)25(5,6)15-24(2,3)4/h8-13H,14-15H2,1-7H3,(H,27,30). The lowest BCUT2D eigenvalue weighted by Gasteiger charge is -2.33. The molecule has 0 saturated heterocycles. The maximum Gasteiger partial charge on any atom is 0.311 e. The largest absolute Gasteiger partial charge is 0.490 e.